The number of fused-ring (bicyclic) bond motifs is 1. The van der Waals surface area contributed by atoms with Gasteiger partial charge in [0.2, 0.25) is 0 Å². The number of hydrogen-bond donors (Lipinski definition) is 0. The number of sulfonamides is 1. The number of aromatic nitrogens is 2. The molecule has 0 N–H and O–H groups in total. The van der Waals surface area contributed by atoms with Gasteiger partial charge in [-0.1, -0.05) is 17.7 Å². The number of carbonyl (C=O) groups excluding carboxylic acids is 1. The Balaban J connectivity index is 2.11. The van der Waals surface area contributed by atoms with Gasteiger partial charge in [-0.15, -0.1) is 0 Å². The van der Waals surface area contributed by atoms with E-state index in [4.69, 9.17) is 21.1 Å². The zero-order chi connectivity index (χ0) is 27.1. The van der Waals surface area contributed by atoms with Gasteiger partial charge in [-0.05, 0) is 65.7 Å². The van der Waals surface area contributed by atoms with Crippen molar-refractivity contribution in [3.05, 3.63) is 34.6 Å². The van der Waals surface area contributed by atoms with E-state index in [9.17, 15) is 18.5 Å². The van der Waals surface area contributed by atoms with E-state index in [0.717, 1.165) is 0 Å². The number of rotatable bonds is 7. The molecule has 1 aliphatic heterocycles. The summed E-state index contributed by atoms with van der Waals surface area (Å²) in [7, 11) is -4.15. The van der Waals surface area contributed by atoms with Crippen molar-refractivity contribution < 1.29 is 22.7 Å². The highest BCUT2D eigenvalue weighted by atomic mass is 35.5. The first-order valence-electron chi connectivity index (χ1n) is 11.8. The highest BCUT2D eigenvalue weighted by molar-refractivity contribution is 7.93. The van der Waals surface area contributed by atoms with Gasteiger partial charge in [0.25, 0.3) is 10.0 Å². The molecule has 3 rings (SSSR count). The van der Waals surface area contributed by atoms with Gasteiger partial charge >= 0.3 is 5.97 Å². The molecule has 0 unspecified atom stereocenters. The quantitative estimate of drug-likeness (QED) is 0.473. The molecule has 11 heteroatoms. The first-order chi connectivity index (χ1) is 16.6. The molecular weight excluding hydrogens is 504 g/mol. The summed E-state index contributed by atoms with van der Waals surface area (Å²) in [4.78, 5) is 12.4. The van der Waals surface area contributed by atoms with Crippen LogP contribution in [0.3, 0.4) is 0 Å². The number of aryl methyl sites for hydroxylation is 1. The summed E-state index contributed by atoms with van der Waals surface area (Å²) in [6, 6.07) is 5.64. The van der Waals surface area contributed by atoms with E-state index >= 15 is 0 Å². The maximum Gasteiger partial charge on any atom is 0.310 e. The molecule has 1 aromatic heterocycles. The summed E-state index contributed by atoms with van der Waals surface area (Å²) in [5.41, 5.74) is 0.169. The van der Waals surface area contributed by atoms with Crippen LogP contribution in [-0.4, -0.2) is 42.4 Å². The first kappa shape index (κ1) is 27.8. The number of nitriles is 1. The van der Waals surface area contributed by atoms with Gasteiger partial charge < -0.3 is 9.47 Å². The van der Waals surface area contributed by atoms with Crippen LogP contribution < -0.4 is 9.04 Å². The molecule has 0 amide bonds. The Morgan fingerprint density at radius 3 is 2.53 bits per heavy atom. The van der Waals surface area contributed by atoms with Crippen LogP contribution in [0.5, 0.6) is 5.75 Å². The Morgan fingerprint density at radius 2 is 1.97 bits per heavy atom. The number of nitrogens with zero attached hydrogens (tertiary/aromatic N) is 4. The summed E-state index contributed by atoms with van der Waals surface area (Å²) in [5, 5.41) is 13.5. The average Bonchev–Trinajstić information content (AvgIpc) is 3.15. The van der Waals surface area contributed by atoms with Gasteiger partial charge in [-0.25, -0.2) is 8.42 Å². The van der Waals surface area contributed by atoms with E-state index in [1.165, 1.54) is 15.2 Å². The number of carbonyl (C=O) groups is 1. The van der Waals surface area contributed by atoms with Crippen molar-refractivity contribution in [2.45, 2.75) is 84.5 Å². The third-order valence-electron chi connectivity index (χ3n) is 5.79. The Hall–Kier alpha value is -2.77. The van der Waals surface area contributed by atoms with E-state index in [1.807, 2.05) is 6.92 Å². The van der Waals surface area contributed by atoms with E-state index in [2.05, 4.69) is 11.2 Å². The van der Waals surface area contributed by atoms with Crippen LogP contribution in [0.25, 0.3) is 0 Å². The van der Waals surface area contributed by atoms with Crippen molar-refractivity contribution >= 4 is 33.3 Å². The summed E-state index contributed by atoms with van der Waals surface area (Å²) in [6.45, 7) is 12.9. The van der Waals surface area contributed by atoms with Gasteiger partial charge in [-0.3, -0.25) is 13.8 Å². The predicted molar refractivity (Wildman–Crippen MR) is 137 cm³/mol. The minimum absolute atomic E-state index is 0.0230. The lowest BCUT2D eigenvalue weighted by Crippen LogP contribution is -2.45. The minimum Gasteiger partial charge on any atom is -0.486 e. The van der Waals surface area contributed by atoms with Gasteiger partial charge in [0.15, 0.2) is 5.15 Å². The number of anilines is 1. The van der Waals surface area contributed by atoms with Crippen molar-refractivity contribution in [2.75, 3.05) is 10.8 Å². The Morgan fingerprint density at radius 1 is 1.31 bits per heavy atom. The van der Waals surface area contributed by atoms with Crippen molar-refractivity contribution in [2.24, 2.45) is 5.41 Å². The first-order valence-corrected chi connectivity index (χ1v) is 13.6. The number of halogens is 1. The molecule has 1 aromatic carbocycles. The molecule has 0 aliphatic carbocycles. The maximum absolute atomic E-state index is 13.9. The van der Waals surface area contributed by atoms with Crippen molar-refractivity contribution in [1.82, 2.24) is 9.78 Å². The van der Waals surface area contributed by atoms with Crippen LogP contribution in [0.15, 0.2) is 23.2 Å². The molecule has 1 aliphatic rings. The van der Waals surface area contributed by atoms with Gasteiger partial charge in [0, 0.05) is 19.2 Å². The fourth-order valence-corrected chi connectivity index (χ4v) is 6.13. The maximum atomic E-state index is 13.9. The molecule has 0 bridgehead atoms. The molecule has 36 heavy (non-hydrogen) atoms. The average molecular weight is 537 g/mol. The fourth-order valence-electron chi connectivity index (χ4n) is 4.11. The molecule has 2 aromatic rings. The molecule has 1 atom stereocenters. The topological polar surface area (TPSA) is 115 Å². The minimum atomic E-state index is -4.15. The molecule has 0 saturated carbocycles. The second-order valence-corrected chi connectivity index (χ2v) is 12.8. The van der Waals surface area contributed by atoms with Crippen molar-refractivity contribution in [3.8, 4) is 11.8 Å². The third-order valence-corrected chi connectivity index (χ3v) is 7.95. The molecule has 0 saturated heterocycles. The third kappa shape index (κ3) is 5.95. The largest absolute Gasteiger partial charge is 0.486 e. The number of hydrogen-bond acceptors (Lipinski definition) is 7. The van der Waals surface area contributed by atoms with Crippen LogP contribution in [0.1, 0.15) is 59.1 Å². The van der Waals surface area contributed by atoms with Crippen molar-refractivity contribution in [1.29, 1.82) is 5.26 Å². The van der Waals surface area contributed by atoms with Crippen molar-refractivity contribution in [3.63, 3.8) is 0 Å². The molecular formula is C25H33ClN4O5S. The summed E-state index contributed by atoms with van der Waals surface area (Å²) in [5.74, 6) is -0.0643. The summed E-state index contributed by atoms with van der Waals surface area (Å²) < 4.78 is 42.2. The van der Waals surface area contributed by atoms with Crippen LogP contribution >= 0.6 is 11.6 Å². The van der Waals surface area contributed by atoms with Crippen LogP contribution in [0, 0.1) is 23.7 Å². The molecule has 9 nitrogen and oxygen atoms in total. The zero-order valence-corrected chi connectivity index (χ0v) is 23.3. The lowest BCUT2D eigenvalue weighted by atomic mass is 9.88. The summed E-state index contributed by atoms with van der Waals surface area (Å²) in [6.07, 6.45) is 1.12. The number of benzene rings is 1. The van der Waals surface area contributed by atoms with Gasteiger partial charge in [0.1, 0.15) is 22.4 Å². The van der Waals surface area contributed by atoms with E-state index in [1.54, 1.807) is 53.7 Å². The highest BCUT2D eigenvalue weighted by Crippen LogP contribution is 2.43. The molecule has 0 radical (unpaired) electrons. The van der Waals surface area contributed by atoms with Crippen LogP contribution in [-0.2, 0) is 32.5 Å². The van der Waals surface area contributed by atoms with E-state index in [-0.39, 0.29) is 23.0 Å². The fraction of sp³-hybridized carbons (Fsp3) is 0.560. The molecule has 196 valence electrons. The predicted octanol–water partition coefficient (Wildman–Crippen LogP) is 4.65. The monoisotopic (exact) mass is 536 g/mol. The van der Waals surface area contributed by atoms with Crippen LogP contribution in [0.4, 0.5) is 5.69 Å². The Kier molecular flexibility index (Phi) is 7.68. The van der Waals surface area contributed by atoms with Crippen LogP contribution in [0.2, 0.25) is 5.15 Å². The summed E-state index contributed by atoms with van der Waals surface area (Å²) >= 11 is 6.25. The number of ether oxygens (including phenoxy) is 2. The highest BCUT2D eigenvalue weighted by Gasteiger charge is 2.40. The second kappa shape index (κ2) is 9.94. The normalized spacial score (nSPS) is 16.2. The number of esters is 1. The molecule has 0 spiro atoms. The smallest absolute Gasteiger partial charge is 0.310 e. The Bertz CT molecular complexity index is 1300. The second-order valence-electron chi connectivity index (χ2n) is 10.6. The van der Waals surface area contributed by atoms with E-state index in [0.29, 0.717) is 35.5 Å². The SMILES string of the molecule is CCn1cc(S(=O)(=O)N2C[C@@H](CC(C)(C)C#N)Oc3ccc(CC(=O)OC(C)(C)C)c(C)c32)c(Cl)n1. The Labute approximate surface area is 218 Å². The zero-order valence-electron chi connectivity index (χ0n) is 21.8. The lowest BCUT2D eigenvalue weighted by molar-refractivity contribution is -0.153. The molecule has 0 fully saturated rings. The lowest BCUT2D eigenvalue weighted by Gasteiger charge is -2.38. The molecule has 2 heterocycles. The van der Waals surface area contributed by atoms with Gasteiger partial charge in [-0.2, -0.15) is 10.4 Å². The standard InChI is InChI=1S/C25H33ClN4O5S/c1-8-29-14-20(23(26)28-29)36(32,33)30-13-18(12-25(6,7)15-27)34-19-10-9-17(16(2)22(19)30)11-21(31)35-24(3,4)5/h9-10,14,18H,8,11-13H2,1-7H3/t18-/m1/s1. The van der Waals surface area contributed by atoms with E-state index < -0.39 is 33.1 Å². The van der Waals surface area contributed by atoms with Gasteiger partial charge in [0.05, 0.1) is 30.1 Å².